The number of nitrogens with one attached hydrogen (secondary N) is 1. The van der Waals surface area contributed by atoms with Crippen molar-refractivity contribution in [3.8, 4) is 0 Å². The second-order valence-corrected chi connectivity index (χ2v) is 8.05. The molecular weight excluding hydrogens is 386 g/mol. The number of para-hydroxylation sites is 1. The average molecular weight is 410 g/mol. The highest BCUT2D eigenvalue weighted by Gasteiger charge is 2.21. The van der Waals surface area contributed by atoms with E-state index in [1.807, 2.05) is 12.1 Å². The van der Waals surface area contributed by atoms with Gasteiger partial charge in [0.2, 0.25) is 11.9 Å². The van der Waals surface area contributed by atoms with E-state index in [1.165, 1.54) is 11.8 Å². The van der Waals surface area contributed by atoms with Crippen LogP contribution in [0.2, 0.25) is 5.02 Å². The van der Waals surface area contributed by atoms with Crippen molar-refractivity contribution in [2.24, 2.45) is 5.92 Å². The second kappa shape index (κ2) is 9.43. The number of anilines is 2. The van der Waals surface area contributed by atoms with Gasteiger partial charge in [-0.05, 0) is 18.1 Å². The van der Waals surface area contributed by atoms with Gasteiger partial charge in [-0.25, -0.2) is 0 Å². The lowest BCUT2D eigenvalue weighted by molar-refractivity contribution is -0.113. The monoisotopic (exact) mass is 409 g/mol. The number of halogens is 1. The van der Waals surface area contributed by atoms with Gasteiger partial charge < -0.3 is 15.0 Å². The van der Waals surface area contributed by atoms with E-state index >= 15 is 0 Å². The fraction of sp³-hybridized carbons (Fsp3) is 0.500. The topological polar surface area (TPSA) is 72.3 Å². The first-order valence-corrected chi connectivity index (χ1v) is 10.3. The molecule has 1 fully saturated rings. The molecule has 1 aliphatic rings. The molecule has 9 heteroatoms. The van der Waals surface area contributed by atoms with E-state index in [1.54, 1.807) is 12.1 Å². The van der Waals surface area contributed by atoms with Crippen LogP contribution in [0, 0.1) is 5.92 Å². The number of benzene rings is 1. The lowest BCUT2D eigenvalue weighted by Gasteiger charge is -2.28. The van der Waals surface area contributed by atoms with Gasteiger partial charge in [-0.2, -0.15) is 0 Å². The van der Waals surface area contributed by atoms with Crippen LogP contribution in [0.3, 0.4) is 0 Å². The Bertz CT molecular complexity index is 777. The van der Waals surface area contributed by atoms with Crippen molar-refractivity contribution in [2.75, 3.05) is 42.3 Å². The van der Waals surface area contributed by atoms with E-state index < -0.39 is 0 Å². The van der Waals surface area contributed by atoms with Gasteiger partial charge in [-0.1, -0.05) is 49.3 Å². The molecule has 0 spiro atoms. The van der Waals surface area contributed by atoms with Crippen molar-refractivity contribution >= 4 is 40.9 Å². The van der Waals surface area contributed by atoms with Crippen LogP contribution >= 0.6 is 23.4 Å². The Balaban J connectivity index is 1.67. The van der Waals surface area contributed by atoms with Crippen LogP contribution in [0.1, 0.15) is 13.8 Å². The third-order valence-corrected chi connectivity index (χ3v) is 5.32. The van der Waals surface area contributed by atoms with E-state index in [9.17, 15) is 4.79 Å². The molecule has 146 valence electrons. The lowest BCUT2D eigenvalue weighted by Crippen LogP contribution is -2.38. The maximum atomic E-state index is 12.3. The largest absolute Gasteiger partial charge is 0.378 e. The van der Waals surface area contributed by atoms with Gasteiger partial charge in [0.25, 0.3) is 0 Å². The number of aromatic nitrogens is 3. The smallest absolute Gasteiger partial charge is 0.234 e. The number of hydrogen-bond donors (Lipinski definition) is 1. The summed E-state index contributed by atoms with van der Waals surface area (Å²) in [4.78, 5) is 14.5. The zero-order valence-corrected chi connectivity index (χ0v) is 17.1. The SMILES string of the molecule is CC(C)Cn1c(SCC(=O)Nc2ccccc2Cl)nnc1N1CCOCC1. The predicted molar refractivity (Wildman–Crippen MR) is 109 cm³/mol. The number of carbonyl (C=O) groups excluding carboxylic acids is 1. The van der Waals surface area contributed by atoms with Gasteiger partial charge >= 0.3 is 0 Å². The highest BCUT2D eigenvalue weighted by molar-refractivity contribution is 7.99. The molecule has 1 amide bonds. The molecule has 0 radical (unpaired) electrons. The highest BCUT2D eigenvalue weighted by Crippen LogP contribution is 2.25. The van der Waals surface area contributed by atoms with Crippen LogP contribution in [0.25, 0.3) is 0 Å². The first-order chi connectivity index (χ1) is 13.0. The summed E-state index contributed by atoms with van der Waals surface area (Å²) in [7, 11) is 0. The summed E-state index contributed by atoms with van der Waals surface area (Å²) >= 11 is 7.48. The highest BCUT2D eigenvalue weighted by atomic mass is 35.5. The van der Waals surface area contributed by atoms with Crippen molar-refractivity contribution in [2.45, 2.75) is 25.5 Å². The zero-order chi connectivity index (χ0) is 19.2. The van der Waals surface area contributed by atoms with Crippen molar-refractivity contribution < 1.29 is 9.53 Å². The predicted octanol–water partition coefficient (Wildman–Crippen LogP) is 3.15. The maximum Gasteiger partial charge on any atom is 0.234 e. The molecule has 2 aromatic rings. The minimum absolute atomic E-state index is 0.125. The molecule has 7 nitrogen and oxygen atoms in total. The first-order valence-electron chi connectivity index (χ1n) is 8.97. The molecule has 27 heavy (non-hydrogen) atoms. The van der Waals surface area contributed by atoms with E-state index in [0.29, 0.717) is 29.8 Å². The van der Waals surface area contributed by atoms with E-state index in [0.717, 1.165) is 30.7 Å². The van der Waals surface area contributed by atoms with Gasteiger partial charge in [-0.15, -0.1) is 10.2 Å². The van der Waals surface area contributed by atoms with Gasteiger partial charge in [-0.3, -0.25) is 9.36 Å². The molecule has 1 N–H and O–H groups in total. The quantitative estimate of drug-likeness (QED) is 0.708. The molecule has 1 aromatic heterocycles. The van der Waals surface area contributed by atoms with Crippen molar-refractivity contribution in [3.05, 3.63) is 29.3 Å². The van der Waals surface area contributed by atoms with Crippen LogP contribution < -0.4 is 10.2 Å². The average Bonchev–Trinajstić information content (AvgIpc) is 3.04. The van der Waals surface area contributed by atoms with Crippen molar-refractivity contribution in [1.82, 2.24) is 14.8 Å². The van der Waals surface area contributed by atoms with E-state index in [2.05, 4.69) is 38.8 Å². The first kappa shape index (κ1) is 20.0. The summed E-state index contributed by atoms with van der Waals surface area (Å²) in [5.41, 5.74) is 0.613. The molecule has 1 aliphatic heterocycles. The summed E-state index contributed by atoms with van der Waals surface area (Å²) < 4.78 is 7.53. The van der Waals surface area contributed by atoms with Crippen molar-refractivity contribution in [1.29, 1.82) is 0 Å². The number of carbonyl (C=O) groups is 1. The molecular formula is C18H24ClN5O2S. The number of ether oxygens (including phenoxy) is 1. The Morgan fingerprint density at radius 3 is 2.74 bits per heavy atom. The van der Waals surface area contributed by atoms with E-state index in [4.69, 9.17) is 16.3 Å². The van der Waals surface area contributed by atoms with Gasteiger partial charge in [0.05, 0.1) is 29.7 Å². The number of amides is 1. The normalized spacial score (nSPS) is 14.6. The Morgan fingerprint density at radius 2 is 2.04 bits per heavy atom. The standard InChI is InChI=1S/C18H24ClN5O2S/c1-13(2)11-24-17(23-7-9-26-10-8-23)21-22-18(24)27-12-16(25)20-15-6-4-3-5-14(15)19/h3-6,13H,7-12H2,1-2H3,(H,20,25). The maximum absolute atomic E-state index is 12.3. The molecule has 3 rings (SSSR count). The number of hydrogen-bond acceptors (Lipinski definition) is 6. The Morgan fingerprint density at radius 1 is 1.30 bits per heavy atom. The minimum Gasteiger partial charge on any atom is -0.378 e. The molecule has 2 heterocycles. The van der Waals surface area contributed by atoms with Gasteiger partial charge in [0, 0.05) is 19.6 Å². The summed E-state index contributed by atoms with van der Waals surface area (Å²) in [6.45, 7) is 8.09. The van der Waals surface area contributed by atoms with Crippen LogP contribution in [-0.2, 0) is 16.1 Å². The van der Waals surface area contributed by atoms with Crippen LogP contribution in [-0.4, -0.2) is 52.7 Å². The summed E-state index contributed by atoms with van der Waals surface area (Å²) in [6.07, 6.45) is 0. The minimum atomic E-state index is -0.125. The summed E-state index contributed by atoms with van der Waals surface area (Å²) in [5, 5.41) is 12.8. The van der Waals surface area contributed by atoms with Crippen LogP contribution in [0.5, 0.6) is 0 Å². The summed E-state index contributed by atoms with van der Waals surface area (Å²) in [5.74, 6) is 1.41. The third kappa shape index (κ3) is 5.37. The zero-order valence-electron chi connectivity index (χ0n) is 15.5. The third-order valence-electron chi connectivity index (χ3n) is 4.02. The molecule has 1 saturated heterocycles. The molecule has 0 atom stereocenters. The molecule has 1 aromatic carbocycles. The second-order valence-electron chi connectivity index (χ2n) is 6.70. The lowest BCUT2D eigenvalue weighted by atomic mass is 10.2. The molecule has 0 bridgehead atoms. The fourth-order valence-electron chi connectivity index (χ4n) is 2.79. The summed E-state index contributed by atoms with van der Waals surface area (Å²) in [6, 6.07) is 7.19. The van der Waals surface area contributed by atoms with Crippen molar-refractivity contribution in [3.63, 3.8) is 0 Å². The van der Waals surface area contributed by atoms with Crippen LogP contribution in [0.4, 0.5) is 11.6 Å². The number of morpholine rings is 1. The van der Waals surface area contributed by atoms with Gasteiger partial charge in [0.1, 0.15) is 0 Å². The van der Waals surface area contributed by atoms with Crippen LogP contribution in [0.15, 0.2) is 29.4 Å². The number of rotatable bonds is 7. The van der Waals surface area contributed by atoms with E-state index in [-0.39, 0.29) is 11.7 Å². The Kier molecular flexibility index (Phi) is 6.98. The number of thioether (sulfide) groups is 1. The fourth-order valence-corrected chi connectivity index (χ4v) is 3.71. The molecule has 0 aliphatic carbocycles. The molecule has 0 unspecified atom stereocenters. The Hall–Kier alpha value is -1.77. The Labute approximate surface area is 168 Å². The van der Waals surface area contributed by atoms with Gasteiger partial charge in [0.15, 0.2) is 5.16 Å². The molecule has 0 saturated carbocycles. The number of nitrogens with zero attached hydrogens (tertiary/aromatic N) is 4.